The first-order valence-electron chi connectivity index (χ1n) is 24.8. The Morgan fingerprint density at radius 3 is 0.833 bits per heavy atom. The number of rotatable bonds is 46. The van der Waals surface area contributed by atoms with Crippen molar-refractivity contribution in [2.75, 3.05) is 6.61 Å². The van der Waals surface area contributed by atoms with Gasteiger partial charge in [-0.15, -0.1) is 0 Å². The zero-order valence-corrected chi connectivity index (χ0v) is 36.9. The minimum atomic E-state index is -1.07. The third kappa shape index (κ3) is 39.6. The van der Waals surface area contributed by atoms with Crippen molar-refractivity contribution in [1.29, 1.82) is 0 Å². The summed E-state index contributed by atoms with van der Waals surface area (Å²) in [5, 5.41) is 33.4. The third-order valence-electron chi connectivity index (χ3n) is 12.0. The molecule has 0 rings (SSSR count). The summed E-state index contributed by atoms with van der Waals surface area (Å²) in [6.45, 7) is 4.25. The van der Waals surface area contributed by atoms with Gasteiger partial charge in [0.1, 0.15) is 6.10 Å². The summed E-state index contributed by atoms with van der Waals surface area (Å²) in [4.78, 5) is 12.5. The van der Waals surface area contributed by atoms with Crippen molar-refractivity contribution < 1.29 is 20.1 Å². The standard InChI is InChI=1S/C49H99NO4/c1-3-5-7-9-11-13-15-17-18-19-20-21-22-23-24-25-26-27-28-29-30-32-34-36-38-40-42-44-48(53)49(54)50-46(45-51)47(52)43-41-39-37-35-33-31-16-14-12-10-8-6-4-2/h46-48,51-53H,3-45H2,1-2H3,(H,50,54). The molecule has 0 spiro atoms. The predicted octanol–water partition coefficient (Wildman–Crippen LogP) is 14.6. The molecule has 4 N–H and O–H groups in total. The highest BCUT2D eigenvalue weighted by molar-refractivity contribution is 5.80. The van der Waals surface area contributed by atoms with Crippen LogP contribution in [0.2, 0.25) is 0 Å². The van der Waals surface area contributed by atoms with Gasteiger partial charge in [-0.25, -0.2) is 0 Å². The van der Waals surface area contributed by atoms with Gasteiger partial charge in [-0.3, -0.25) is 4.79 Å². The maximum atomic E-state index is 12.5. The monoisotopic (exact) mass is 766 g/mol. The number of nitrogens with one attached hydrogen (secondary N) is 1. The topological polar surface area (TPSA) is 89.8 Å². The van der Waals surface area contributed by atoms with E-state index in [9.17, 15) is 20.1 Å². The van der Waals surface area contributed by atoms with E-state index in [2.05, 4.69) is 19.2 Å². The molecule has 0 saturated carbocycles. The smallest absolute Gasteiger partial charge is 0.249 e. The quantitative estimate of drug-likeness (QED) is 0.0465. The number of hydrogen-bond donors (Lipinski definition) is 4. The predicted molar refractivity (Wildman–Crippen MR) is 236 cm³/mol. The molecule has 0 bridgehead atoms. The van der Waals surface area contributed by atoms with Gasteiger partial charge < -0.3 is 20.6 Å². The molecule has 54 heavy (non-hydrogen) atoms. The fraction of sp³-hybridized carbons (Fsp3) is 0.980. The molecule has 0 aromatic carbocycles. The Bertz CT molecular complexity index is 718. The van der Waals surface area contributed by atoms with Crippen LogP contribution in [-0.4, -0.2) is 46.1 Å². The van der Waals surface area contributed by atoms with Crippen molar-refractivity contribution in [3.8, 4) is 0 Å². The van der Waals surface area contributed by atoms with Crippen LogP contribution >= 0.6 is 0 Å². The molecule has 3 unspecified atom stereocenters. The molecular formula is C49H99NO4. The molecule has 5 nitrogen and oxygen atoms in total. The minimum Gasteiger partial charge on any atom is -0.394 e. The second-order valence-corrected chi connectivity index (χ2v) is 17.4. The Morgan fingerprint density at radius 1 is 0.370 bits per heavy atom. The van der Waals surface area contributed by atoms with E-state index in [0.717, 1.165) is 32.1 Å². The van der Waals surface area contributed by atoms with Gasteiger partial charge in [-0.05, 0) is 12.8 Å². The molecule has 0 fully saturated rings. The molecule has 0 radical (unpaired) electrons. The number of hydrogen-bond acceptors (Lipinski definition) is 4. The third-order valence-corrected chi connectivity index (χ3v) is 12.0. The average molecular weight is 766 g/mol. The highest BCUT2D eigenvalue weighted by Gasteiger charge is 2.23. The van der Waals surface area contributed by atoms with Gasteiger partial charge in [0.15, 0.2) is 0 Å². The lowest BCUT2D eigenvalue weighted by molar-refractivity contribution is -0.131. The Balaban J connectivity index is 3.48. The fourth-order valence-electron chi connectivity index (χ4n) is 8.08. The molecule has 0 aromatic heterocycles. The first-order chi connectivity index (χ1) is 26.6. The number of unbranched alkanes of at least 4 members (excludes halogenated alkanes) is 38. The van der Waals surface area contributed by atoms with Crippen LogP contribution in [0, 0.1) is 0 Å². The summed E-state index contributed by atoms with van der Waals surface area (Å²) in [6.07, 6.45) is 52.7. The zero-order valence-electron chi connectivity index (χ0n) is 36.9. The van der Waals surface area contributed by atoms with E-state index in [1.54, 1.807) is 0 Å². The second-order valence-electron chi connectivity index (χ2n) is 17.4. The lowest BCUT2D eigenvalue weighted by atomic mass is 10.0. The van der Waals surface area contributed by atoms with E-state index in [4.69, 9.17) is 0 Å². The van der Waals surface area contributed by atoms with Crippen molar-refractivity contribution in [3.63, 3.8) is 0 Å². The maximum Gasteiger partial charge on any atom is 0.249 e. The Morgan fingerprint density at radius 2 is 0.593 bits per heavy atom. The maximum absolute atomic E-state index is 12.5. The number of aliphatic hydroxyl groups is 3. The Labute approximate surface area is 338 Å². The summed E-state index contributed by atoms with van der Waals surface area (Å²) in [7, 11) is 0. The SMILES string of the molecule is CCCCCCCCCCCCCCCCCCCCCCCCCCCCCC(O)C(=O)NC(CO)C(O)CCCCCCCCCCCCCCC. The molecular weight excluding hydrogens is 667 g/mol. The van der Waals surface area contributed by atoms with Crippen molar-refractivity contribution in [3.05, 3.63) is 0 Å². The van der Waals surface area contributed by atoms with Crippen LogP contribution < -0.4 is 5.32 Å². The van der Waals surface area contributed by atoms with Crippen LogP contribution in [-0.2, 0) is 4.79 Å². The zero-order chi connectivity index (χ0) is 39.4. The van der Waals surface area contributed by atoms with Crippen LogP contribution in [0.25, 0.3) is 0 Å². The lowest BCUT2D eigenvalue weighted by Gasteiger charge is -2.23. The van der Waals surface area contributed by atoms with Gasteiger partial charge in [0.2, 0.25) is 5.91 Å². The summed E-state index contributed by atoms with van der Waals surface area (Å²) in [6, 6.07) is -0.705. The normalized spacial score (nSPS) is 13.4. The van der Waals surface area contributed by atoms with E-state index in [0.29, 0.717) is 12.8 Å². The molecule has 1 amide bonds. The number of carbonyl (C=O) groups excluding carboxylic acids is 1. The summed E-state index contributed by atoms with van der Waals surface area (Å²) in [5.74, 6) is -0.465. The van der Waals surface area contributed by atoms with E-state index in [1.165, 1.54) is 225 Å². The molecule has 0 aromatic rings. The minimum absolute atomic E-state index is 0.308. The highest BCUT2D eigenvalue weighted by atomic mass is 16.3. The van der Waals surface area contributed by atoms with Crippen molar-refractivity contribution in [2.45, 2.75) is 302 Å². The van der Waals surface area contributed by atoms with E-state index >= 15 is 0 Å². The second kappa shape index (κ2) is 45.1. The molecule has 0 aliphatic carbocycles. The molecule has 324 valence electrons. The first-order valence-corrected chi connectivity index (χ1v) is 24.8. The number of carbonyl (C=O) groups is 1. The number of aliphatic hydroxyl groups excluding tert-OH is 3. The van der Waals surface area contributed by atoms with Crippen LogP contribution in [0.3, 0.4) is 0 Å². The highest BCUT2D eigenvalue weighted by Crippen LogP contribution is 2.18. The van der Waals surface area contributed by atoms with Crippen molar-refractivity contribution >= 4 is 5.91 Å². The van der Waals surface area contributed by atoms with E-state index < -0.39 is 24.2 Å². The molecule has 0 aliphatic rings. The van der Waals surface area contributed by atoms with Crippen molar-refractivity contribution in [1.82, 2.24) is 5.32 Å². The summed E-state index contributed by atoms with van der Waals surface area (Å²) in [5.41, 5.74) is 0. The van der Waals surface area contributed by atoms with Crippen LogP contribution in [0.1, 0.15) is 284 Å². The van der Waals surface area contributed by atoms with Crippen LogP contribution in [0.4, 0.5) is 0 Å². The van der Waals surface area contributed by atoms with Gasteiger partial charge in [-0.1, -0.05) is 271 Å². The molecule has 0 aliphatic heterocycles. The summed E-state index contributed by atoms with van der Waals surface area (Å²) >= 11 is 0. The molecule has 0 heterocycles. The lowest BCUT2D eigenvalue weighted by Crippen LogP contribution is -2.49. The fourth-order valence-corrected chi connectivity index (χ4v) is 8.08. The van der Waals surface area contributed by atoms with E-state index in [-0.39, 0.29) is 6.61 Å². The summed E-state index contributed by atoms with van der Waals surface area (Å²) < 4.78 is 0. The van der Waals surface area contributed by atoms with E-state index in [1.807, 2.05) is 0 Å². The molecule has 5 heteroatoms. The van der Waals surface area contributed by atoms with Gasteiger partial charge in [-0.2, -0.15) is 0 Å². The van der Waals surface area contributed by atoms with Gasteiger partial charge >= 0.3 is 0 Å². The Kier molecular flexibility index (Phi) is 44.5. The van der Waals surface area contributed by atoms with Gasteiger partial charge in [0, 0.05) is 0 Å². The average Bonchev–Trinajstić information content (AvgIpc) is 3.18. The number of amides is 1. The van der Waals surface area contributed by atoms with Gasteiger partial charge in [0.25, 0.3) is 0 Å². The first kappa shape index (κ1) is 53.4. The molecule has 3 atom stereocenters. The Hall–Kier alpha value is -0.650. The van der Waals surface area contributed by atoms with Crippen molar-refractivity contribution in [2.24, 2.45) is 0 Å². The molecule has 0 saturated heterocycles. The van der Waals surface area contributed by atoms with Crippen LogP contribution in [0.5, 0.6) is 0 Å². The van der Waals surface area contributed by atoms with Crippen LogP contribution in [0.15, 0.2) is 0 Å². The largest absolute Gasteiger partial charge is 0.394 e. The van der Waals surface area contributed by atoms with Gasteiger partial charge in [0.05, 0.1) is 18.8 Å².